The van der Waals surface area contributed by atoms with Crippen LogP contribution in [0.15, 0.2) is 41.1 Å². The smallest absolute Gasteiger partial charge is 0.417 e. The van der Waals surface area contributed by atoms with E-state index in [9.17, 15) is 18.0 Å². The lowest BCUT2D eigenvalue weighted by atomic mass is 10.2. The highest BCUT2D eigenvalue weighted by molar-refractivity contribution is 6.32. The Hall–Kier alpha value is -2.94. The second-order valence-corrected chi connectivity index (χ2v) is 7.09. The van der Waals surface area contributed by atoms with E-state index in [0.717, 1.165) is 23.2 Å². The van der Waals surface area contributed by atoms with E-state index in [1.54, 1.807) is 12.3 Å². The standard InChI is InChI=1S/C20H20ClF3N4O2/c1-12-8-16(13(2)28(12)11-15-4-3-7-30-15)19(29)26-6-5-25-18-17(21)9-14(10-27-18)20(22,23)24/h3-4,7-10H,5-6,11H2,1-2H3,(H,25,27)(H,26,29). The molecule has 160 valence electrons. The Morgan fingerprint density at radius 3 is 2.67 bits per heavy atom. The minimum absolute atomic E-state index is 0.121. The molecule has 0 fully saturated rings. The number of carbonyl (C=O) groups is 1. The molecular weight excluding hydrogens is 421 g/mol. The molecule has 0 unspecified atom stereocenters. The summed E-state index contributed by atoms with van der Waals surface area (Å²) in [6.07, 6.45) is -2.20. The van der Waals surface area contributed by atoms with Crippen molar-refractivity contribution in [1.29, 1.82) is 0 Å². The second kappa shape index (κ2) is 8.83. The Balaban J connectivity index is 1.55. The van der Waals surface area contributed by atoms with Crippen LogP contribution in [0.3, 0.4) is 0 Å². The predicted molar refractivity (Wildman–Crippen MR) is 107 cm³/mol. The van der Waals surface area contributed by atoms with Crippen molar-refractivity contribution in [1.82, 2.24) is 14.9 Å². The summed E-state index contributed by atoms with van der Waals surface area (Å²) in [6, 6.07) is 6.28. The van der Waals surface area contributed by atoms with Crippen LogP contribution < -0.4 is 10.6 Å². The lowest BCUT2D eigenvalue weighted by Crippen LogP contribution is -2.29. The first kappa shape index (κ1) is 21.8. The van der Waals surface area contributed by atoms with Crippen molar-refractivity contribution in [2.24, 2.45) is 0 Å². The van der Waals surface area contributed by atoms with Crippen LogP contribution in [-0.4, -0.2) is 28.5 Å². The van der Waals surface area contributed by atoms with Crippen molar-refractivity contribution in [2.45, 2.75) is 26.6 Å². The number of carbonyl (C=O) groups excluding carboxylic acids is 1. The molecule has 3 aromatic rings. The second-order valence-electron chi connectivity index (χ2n) is 6.69. The Morgan fingerprint density at radius 1 is 1.27 bits per heavy atom. The molecule has 0 saturated heterocycles. The third-order valence-corrected chi connectivity index (χ3v) is 4.87. The molecule has 0 aromatic carbocycles. The van der Waals surface area contributed by atoms with Gasteiger partial charge in [0, 0.05) is 30.7 Å². The fourth-order valence-electron chi connectivity index (χ4n) is 3.01. The number of aryl methyl sites for hydroxylation is 1. The summed E-state index contributed by atoms with van der Waals surface area (Å²) >= 11 is 5.85. The number of furan rings is 1. The van der Waals surface area contributed by atoms with E-state index >= 15 is 0 Å². The van der Waals surface area contributed by atoms with Crippen molar-refractivity contribution >= 4 is 23.3 Å². The number of aromatic nitrogens is 2. The maximum Gasteiger partial charge on any atom is 0.417 e. The normalized spacial score (nSPS) is 11.5. The fraction of sp³-hybridized carbons (Fsp3) is 0.300. The molecule has 6 nitrogen and oxygen atoms in total. The molecule has 0 aliphatic carbocycles. The van der Waals surface area contributed by atoms with Crippen molar-refractivity contribution < 1.29 is 22.4 Å². The highest BCUT2D eigenvalue weighted by Crippen LogP contribution is 2.32. The topological polar surface area (TPSA) is 72.1 Å². The number of alkyl halides is 3. The van der Waals surface area contributed by atoms with E-state index in [-0.39, 0.29) is 29.8 Å². The van der Waals surface area contributed by atoms with E-state index in [0.29, 0.717) is 18.3 Å². The summed E-state index contributed by atoms with van der Waals surface area (Å²) in [5.41, 5.74) is 1.36. The Kier molecular flexibility index (Phi) is 6.40. The van der Waals surface area contributed by atoms with Gasteiger partial charge in [-0.1, -0.05) is 11.6 Å². The Bertz CT molecular complexity index is 1030. The first-order chi connectivity index (χ1) is 14.2. The maximum atomic E-state index is 12.7. The molecule has 10 heteroatoms. The SMILES string of the molecule is Cc1cc(C(=O)NCCNc2ncc(C(F)(F)F)cc2Cl)c(C)n1Cc1ccco1. The molecule has 3 rings (SSSR count). The van der Waals surface area contributed by atoms with E-state index < -0.39 is 11.7 Å². The molecule has 3 heterocycles. The van der Waals surface area contributed by atoms with Crippen LogP contribution in [0.2, 0.25) is 5.02 Å². The van der Waals surface area contributed by atoms with Gasteiger partial charge in [-0.05, 0) is 38.1 Å². The van der Waals surface area contributed by atoms with Gasteiger partial charge in [-0.25, -0.2) is 4.98 Å². The minimum atomic E-state index is -4.51. The molecular formula is C20H20ClF3N4O2. The molecule has 0 aliphatic heterocycles. The molecule has 3 aromatic heterocycles. The van der Waals surface area contributed by atoms with Crippen LogP contribution in [0, 0.1) is 13.8 Å². The van der Waals surface area contributed by atoms with E-state index in [1.165, 1.54) is 0 Å². The van der Waals surface area contributed by atoms with E-state index in [2.05, 4.69) is 15.6 Å². The van der Waals surface area contributed by atoms with Gasteiger partial charge < -0.3 is 19.6 Å². The molecule has 30 heavy (non-hydrogen) atoms. The zero-order chi connectivity index (χ0) is 21.9. The molecule has 0 radical (unpaired) electrons. The molecule has 0 bridgehead atoms. The quantitative estimate of drug-likeness (QED) is 0.524. The van der Waals surface area contributed by atoms with E-state index in [4.69, 9.17) is 16.0 Å². The summed E-state index contributed by atoms with van der Waals surface area (Å²) in [4.78, 5) is 16.2. The van der Waals surface area contributed by atoms with Crippen molar-refractivity contribution in [3.8, 4) is 0 Å². The first-order valence-corrected chi connectivity index (χ1v) is 9.48. The van der Waals surface area contributed by atoms with Crippen LogP contribution in [0.25, 0.3) is 0 Å². The van der Waals surface area contributed by atoms with Gasteiger partial charge in [-0.3, -0.25) is 4.79 Å². The molecule has 0 atom stereocenters. The van der Waals surface area contributed by atoms with Crippen molar-refractivity contribution in [3.63, 3.8) is 0 Å². The number of amides is 1. The number of nitrogens with zero attached hydrogens (tertiary/aromatic N) is 2. The summed E-state index contributed by atoms with van der Waals surface area (Å²) in [6.45, 7) is 4.77. The third-order valence-electron chi connectivity index (χ3n) is 4.58. The lowest BCUT2D eigenvalue weighted by Gasteiger charge is -2.11. The molecule has 0 saturated carbocycles. The monoisotopic (exact) mass is 440 g/mol. The number of anilines is 1. The number of halogens is 4. The lowest BCUT2D eigenvalue weighted by molar-refractivity contribution is -0.137. The van der Waals surface area contributed by atoms with Crippen LogP contribution >= 0.6 is 11.6 Å². The van der Waals surface area contributed by atoms with Crippen molar-refractivity contribution in [3.05, 3.63) is 70.0 Å². The highest BCUT2D eigenvalue weighted by Gasteiger charge is 2.31. The average molecular weight is 441 g/mol. The summed E-state index contributed by atoms with van der Waals surface area (Å²) in [5.74, 6) is 0.659. The molecule has 1 amide bonds. The zero-order valence-electron chi connectivity index (χ0n) is 16.3. The number of nitrogens with one attached hydrogen (secondary N) is 2. The fourth-order valence-corrected chi connectivity index (χ4v) is 3.24. The number of rotatable bonds is 7. The Labute approximate surface area is 176 Å². The predicted octanol–water partition coefficient (Wildman–Crippen LogP) is 4.66. The highest BCUT2D eigenvalue weighted by atomic mass is 35.5. The maximum absolute atomic E-state index is 12.7. The Morgan fingerprint density at radius 2 is 2.03 bits per heavy atom. The minimum Gasteiger partial charge on any atom is -0.467 e. The van der Waals surface area contributed by atoms with Crippen LogP contribution in [0.1, 0.15) is 33.1 Å². The summed E-state index contributed by atoms with van der Waals surface area (Å²) in [7, 11) is 0. The summed E-state index contributed by atoms with van der Waals surface area (Å²) < 4.78 is 45.3. The van der Waals surface area contributed by atoms with Gasteiger partial charge in [0.2, 0.25) is 0 Å². The van der Waals surface area contributed by atoms with Gasteiger partial charge >= 0.3 is 6.18 Å². The summed E-state index contributed by atoms with van der Waals surface area (Å²) in [5, 5.41) is 5.45. The number of hydrogen-bond acceptors (Lipinski definition) is 4. The van der Waals surface area contributed by atoms with Crippen LogP contribution in [-0.2, 0) is 12.7 Å². The molecule has 0 spiro atoms. The largest absolute Gasteiger partial charge is 0.467 e. The van der Waals surface area contributed by atoms with Crippen molar-refractivity contribution in [2.75, 3.05) is 18.4 Å². The van der Waals surface area contributed by atoms with Crippen LogP contribution in [0.4, 0.5) is 19.0 Å². The molecule has 2 N–H and O–H groups in total. The zero-order valence-corrected chi connectivity index (χ0v) is 17.1. The van der Waals surface area contributed by atoms with Gasteiger partial charge in [-0.15, -0.1) is 0 Å². The van der Waals surface area contributed by atoms with Gasteiger partial charge in [0.25, 0.3) is 5.91 Å². The van der Waals surface area contributed by atoms with Gasteiger partial charge in [0.1, 0.15) is 11.6 Å². The average Bonchev–Trinajstić information content (AvgIpc) is 3.29. The number of hydrogen-bond donors (Lipinski definition) is 2. The number of pyridine rings is 1. The van der Waals surface area contributed by atoms with E-state index in [1.807, 2.05) is 30.5 Å². The van der Waals surface area contributed by atoms with Gasteiger partial charge in [0.15, 0.2) is 0 Å². The van der Waals surface area contributed by atoms with Gasteiger partial charge in [-0.2, -0.15) is 13.2 Å². The first-order valence-electron chi connectivity index (χ1n) is 9.10. The van der Waals surface area contributed by atoms with Crippen LogP contribution in [0.5, 0.6) is 0 Å². The van der Waals surface area contributed by atoms with Gasteiger partial charge in [0.05, 0.1) is 29.0 Å². The molecule has 0 aliphatic rings. The third kappa shape index (κ3) is 4.96.